The molecule has 0 unspecified atom stereocenters. The van der Waals surface area contributed by atoms with Crippen LogP contribution in [0, 0.1) is 0 Å². The van der Waals surface area contributed by atoms with E-state index >= 15 is 0 Å². The third-order valence-corrected chi connectivity index (χ3v) is 16.7. The second kappa shape index (κ2) is 7.02. The first-order chi connectivity index (χ1) is 9.17. The van der Waals surface area contributed by atoms with Crippen molar-refractivity contribution in [2.24, 2.45) is 0 Å². The van der Waals surface area contributed by atoms with Crippen LogP contribution in [0.1, 0.15) is 20.8 Å². The van der Waals surface area contributed by atoms with Crippen molar-refractivity contribution in [2.45, 2.75) is 38.9 Å². The molecule has 3 rings (SSSR count). The molecule has 0 amide bonds. The van der Waals surface area contributed by atoms with Gasteiger partial charge in [0.05, 0.1) is 0 Å². The van der Waals surface area contributed by atoms with Crippen LogP contribution in [0.3, 0.4) is 0 Å². The van der Waals surface area contributed by atoms with Crippen LogP contribution in [0.4, 0.5) is 0 Å². The van der Waals surface area contributed by atoms with E-state index in [1.165, 1.54) is 0 Å². The minimum atomic E-state index is -3.47. The Morgan fingerprint density at radius 2 is 1.32 bits per heavy atom. The van der Waals surface area contributed by atoms with E-state index in [0.717, 1.165) is 37.8 Å². The van der Waals surface area contributed by atoms with Crippen LogP contribution in [-0.2, 0) is 14.7 Å². The van der Waals surface area contributed by atoms with Crippen molar-refractivity contribution in [2.75, 3.05) is 39.5 Å². The number of nitrogens with zero attached hydrogens (tertiary/aromatic N) is 1. The Hall–Kier alpha value is 0.560. The summed E-state index contributed by atoms with van der Waals surface area (Å²) in [7, 11) is -1.74. The van der Waals surface area contributed by atoms with Crippen LogP contribution in [-0.4, -0.2) is 67.3 Å². The molecule has 7 heteroatoms. The third kappa shape index (κ3) is 3.81. The van der Waals surface area contributed by atoms with Gasteiger partial charge in [-0.05, 0) is 0 Å². The molecule has 0 aromatic heterocycles. The van der Waals surface area contributed by atoms with Crippen molar-refractivity contribution >= 4 is 22.9 Å². The Morgan fingerprint density at radius 3 is 1.68 bits per heavy atom. The van der Waals surface area contributed by atoms with E-state index in [-0.39, 0.29) is 0 Å². The van der Waals surface area contributed by atoms with Gasteiger partial charge < -0.3 is 0 Å². The summed E-state index contributed by atoms with van der Waals surface area (Å²) in [6.07, 6.45) is 0. The van der Waals surface area contributed by atoms with Crippen molar-refractivity contribution in [1.82, 2.24) is 4.90 Å². The predicted octanol–water partition coefficient (Wildman–Crippen LogP) is 1.82. The second-order valence-corrected chi connectivity index (χ2v) is 15.1. The van der Waals surface area contributed by atoms with Gasteiger partial charge in [-0.15, -0.1) is 0 Å². The van der Waals surface area contributed by atoms with Gasteiger partial charge in [0.2, 0.25) is 0 Å². The molecule has 3 saturated heterocycles. The standard InChI is InChI=1S/C12H27GeNO4Si/c1-4-19(5-2,6-3)18-13-15-10-7-14(8-11-16-13)9-12-17-13/h4-12H2,1-3H3. The maximum atomic E-state index is 6.56. The molecule has 0 aliphatic carbocycles. The van der Waals surface area contributed by atoms with E-state index < -0.39 is 22.9 Å². The van der Waals surface area contributed by atoms with Gasteiger partial charge in [0.1, 0.15) is 0 Å². The van der Waals surface area contributed by atoms with Gasteiger partial charge in [0.15, 0.2) is 0 Å². The quantitative estimate of drug-likeness (QED) is 0.708. The first-order valence-corrected chi connectivity index (χ1v) is 13.5. The average Bonchev–Trinajstić information content (AvgIpc) is 2.37. The molecular formula is C12H27GeNO4Si. The first-order valence-electron chi connectivity index (χ1n) is 7.52. The topological polar surface area (TPSA) is 40.2 Å². The average molecular weight is 350 g/mol. The molecule has 0 saturated carbocycles. The Kier molecular flexibility index (Phi) is 5.89. The van der Waals surface area contributed by atoms with Crippen molar-refractivity contribution in [3.8, 4) is 0 Å². The van der Waals surface area contributed by atoms with Gasteiger partial charge in [-0.1, -0.05) is 0 Å². The summed E-state index contributed by atoms with van der Waals surface area (Å²) < 4.78 is 24.6. The van der Waals surface area contributed by atoms with E-state index in [1.54, 1.807) is 0 Å². The molecule has 0 radical (unpaired) electrons. The summed E-state index contributed by atoms with van der Waals surface area (Å²) in [5.74, 6) is 0. The molecule has 3 heterocycles. The zero-order valence-electron chi connectivity index (χ0n) is 12.4. The fraction of sp³-hybridized carbons (Fsp3) is 1.00. The predicted molar refractivity (Wildman–Crippen MR) is 78.3 cm³/mol. The molecule has 0 N–H and O–H groups in total. The van der Waals surface area contributed by atoms with Gasteiger partial charge in [-0.25, -0.2) is 0 Å². The van der Waals surface area contributed by atoms with Crippen LogP contribution in [0.2, 0.25) is 18.1 Å². The van der Waals surface area contributed by atoms with Crippen LogP contribution in [0.25, 0.3) is 0 Å². The number of hydrogen-bond acceptors (Lipinski definition) is 5. The Labute approximate surface area is 121 Å². The van der Waals surface area contributed by atoms with Crippen LogP contribution in [0.5, 0.6) is 0 Å². The first kappa shape index (κ1) is 15.9. The Bertz CT molecular complexity index is 256. The van der Waals surface area contributed by atoms with E-state index in [4.69, 9.17) is 14.7 Å². The van der Waals surface area contributed by atoms with Crippen molar-refractivity contribution < 1.29 is 14.7 Å². The summed E-state index contributed by atoms with van der Waals surface area (Å²) in [6, 6.07) is 3.32. The number of hydrogen-bond donors (Lipinski definition) is 0. The van der Waals surface area contributed by atoms with Crippen LogP contribution in [0.15, 0.2) is 0 Å². The molecule has 2 bridgehead atoms. The van der Waals surface area contributed by atoms with Gasteiger partial charge in [0.25, 0.3) is 0 Å². The van der Waals surface area contributed by atoms with E-state index in [9.17, 15) is 0 Å². The molecule has 19 heavy (non-hydrogen) atoms. The number of fused-ring (bicyclic) bond motifs is 6. The van der Waals surface area contributed by atoms with Gasteiger partial charge in [-0.2, -0.15) is 0 Å². The molecule has 0 spiro atoms. The summed E-state index contributed by atoms with van der Waals surface area (Å²) in [6.45, 7) is 11.7. The zero-order valence-corrected chi connectivity index (χ0v) is 15.5. The maximum absolute atomic E-state index is 6.56. The van der Waals surface area contributed by atoms with Crippen LogP contribution < -0.4 is 0 Å². The van der Waals surface area contributed by atoms with Gasteiger partial charge >= 0.3 is 121 Å². The van der Waals surface area contributed by atoms with Crippen LogP contribution >= 0.6 is 0 Å². The fourth-order valence-corrected chi connectivity index (χ4v) is 15.2. The molecule has 112 valence electrons. The van der Waals surface area contributed by atoms with E-state index in [2.05, 4.69) is 25.7 Å². The molecule has 0 atom stereocenters. The molecular weight excluding hydrogens is 323 g/mol. The summed E-state index contributed by atoms with van der Waals surface area (Å²) in [4.78, 5) is 2.33. The molecule has 3 aliphatic heterocycles. The molecule has 0 aromatic carbocycles. The van der Waals surface area contributed by atoms with E-state index in [1.807, 2.05) is 0 Å². The fourth-order valence-electron chi connectivity index (χ4n) is 2.68. The molecule has 5 nitrogen and oxygen atoms in total. The second-order valence-electron chi connectivity index (χ2n) is 5.23. The van der Waals surface area contributed by atoms with E-state index in [0.29, 0.717) is 19.8 Å². The van der Waals surface area contributed by atoms with Crippen molar-refractivity contribution in [3.05, 3.63) is 0 Å². The summed E-state index contributed by atoms with van der Waals surface area (Å²) >= 11 is -3.47. The summed E-state index contributed by atoms with van der Waals surface area (Å²) in [5, 5.41) is 0. The Morgan fingerprint density at radius 1 is 0.895 bits per heavy atom. The van der Waals surface area contributed by atoms with Gasteiger partial charge in [0, 0.05) is 0 Å². The summed E-state index contributed by atoms with van der Waals surface area (Å²) in [5.41, 5.74) is 0. The molecule has 0 aromatic rings. The van der Waals surface area contributed by atoms with Crippen molar-refractivity contribution in [3.63, 3.8) is 0 Å². The SMILES string of the molecule is CC[Si](CC)(CC)[O][Ge]12[O]CCN(CC[O]1)CC[O]2. The molecule has 3 aliphatic rings. The Balaban J connectivity index is 2.13. The third-order valence-electron chi connectivity index (χ3n) is 4.33. The minimum absolute atomic E-state index is 0.682. The van der Waals surface area contributed by atoms with Gasteiger partial charge in [-0.3, -0.25) is 0 Å². The number of rotatable bonds is 5. The zero-order chi connectivity index (χ0) is 13.8. The monoisotopic (exact) mass is 351 g/mol. The van der Waals surface area contributed by atoms with Crippen molar-refractivity contribution in [1.29, 1.82) is 0 Å². The normalized spacial score (nSPS) is 32.7. The molecule has 3 fully saturated rings.